The Morgan fingerprint density at radius 2 is 2.28 bits per heavy atom. The lowest BCUT2D eigenvalue weighted by molar-refractivity contribution is 0.173. The quantitative estimate of drug-likeness (QED) is 0.777. The molecule has 0 aromatic carbocycles. The molecule has 1 unspecified atom stereocenters. The number of ether oxygens (including phenoxy) is 1. The first-order valence-corrected chi connectivity index (χ1v) is 7.71. The summed E-state index contributed by atoms with van der Waals surface area (Å²) in [6.45, 7) is 2.33. The van der Waals surface area contributed by atoms with Gasteiger partial charge >= 0.3 is 0 Å². The van der Waals surface area contributed by atoms with Gasteiger partial charge in [0.2, 0.25) is 10.0 Å². The molecule has 104 valence electrons. The van der Waals surface area contributed by atoms with Crippen molar-refractivity contribution in [2.75, 3.05) is 13.7 Å². The van der Waals surface area contributed by atoms with Crippen molar-refractivity contribution in [1.82, 2.24) is 4.72 Å². The number of rotatable bonds is 7. The maximum Gasteiger partial charge on any atom is 0.245 e. The lowest BCUT2D eigenvalue weighted by Crippen LogP contribution is -2.37. The van der Waals surface area contributed by atoms with Gasteiger partial charge in [-0.15, -0.1) is 0 Å². The molecule has 0 fully saturated rings. The molecule has 1 heterocycles. The van der Waals surface area contributed by atoms with Crippen molar-refractivity contribution in [2.24, 2.45) is 5.73 Å². The van der Waals surface area contributed by atoms with E-state index < -0.39 is 10.0 Å². The van der Waals surface area contributed by atoms with Crippen molar-refractivity contribution in [1.29, 1.82) is 0 Å². The summed E-state index contributed by atoms with van der Waals surface area (Å²) < 4.78 is 37.1. The predicted octanol–water partition coefficient (Wildman–Crippen LogP) is 1.20. The highest BCUT2D eigenvalue weighted by Gasteiger charge is 2.24. The van der Waals surface area contributed by atoms with Crippen LogP contribution in [0.2, 0.25) is 0 Å². The van der Waals surface area contributed by atoms with Gasteiger partial charge in [0.25, 0.3) is 0 Å². The Bertz CT molecular complexity index is 486. The van der Waals surface area contributed by atoms with Crippen LogP contribution in [0.5, 0.6) is 0 Å². The molecule has 0 amide bonds. The molecule has 0 aliphatic rings. The van der Waals surface area contributed by atoms with Crippen LogP contribution in [0.15, 0.2) is 20.0 Å². The van der Waals surface area contributed by atoms with E-state index in [1.54, 1.807) is 0 Å². The van der Waals surface area contributed by atoms with Crippen molar-refractivity contribution in [3.63, 3.8) is 0 Å². The number of furan rings is 1. The zero-order valence-electron chi connectivity index (χ0n) is 10.3. The molecule has 8 heteroatoms. The fourth-order valence-corrected chi connectivity index (χ4v) is 3.70. The molecule has 0 bridgehead atoms. The summed E-state index contributed by atoms with van der Waals surface area (Å²) in [4.78, 5) is 0.0532. The molecule has 6 nitrogen and oxygen atoms in total. The topological polar surface area (TPSA) is 94.6 Å². The maximum atomic E-state index is 12.1. The van der Waals surface area contributed by atoms with E-state index in [-0.39, 0.29) is 22.2 Å². The van der Waals surface area contributed by atoms with E-state index in [4.69, 9.17) is 14.9 Å². The SMILES string of the molecule is CCC(COC)NS(=O)(=O)c1cc(CN)oc1Br. The average molecular weight is 341 g/mol. The minimum absolute atomic E-state index is 0.0532. The Kier molecular flexibility index (Phi) is 5.80. The predicted molar refractivity (Wildman–Crippen MR) is 70.6 cm³/mol. The molecule has 1 aromatic rings. The number of sulfonamides is 1. The van der Waals surface area contributed by atoms with Crippen molar-refractivity contribution >= 4 is 26.0 Å². The molecule has 0 spiro atoms. The molecule has 3 N–H and O–H groups in total. The zero-order valence-corrected chi connectivity index (χ0v) is 12.7. The molecule has 1 atom stereocenters. The Hall–Kier alpha value is -0.410. The highest BCUT2D eigenvalue weighted by Crippen LogP contribution is 2.26. The van der Waals surface area contributed by atoms with E-state index in [9.17, 15) is 8.42 Å². The van der Waals surface area contributed by atoms with Crippen molar-refractivity contribution in [2.45, 2.75) is 30.8 Å². The molecule has 0 radical (unpaired) electrons. The third-order valence-electron chi connectivity index (χ3n) is 2.38. The van der Waals surface area contributed by atoms with Gasteiger partial charge in [-0.3, -0.25) is 0 Å². The lowest BCUT2D eigenvalue weighted by atomic mass is 10.3. The van der Waals surface area contributed by atoms with Crippen LogP contribution < -0.4 is 10.5 Å². The van der Waals surface area contributed by atoms with Crippen LogP contribution in [-0.4, -0.2) is 28.2 Å². The van der Waals surface area contributed by atoms with Crippen LogP contribution >= 0.6 is 15.9 Å². The van der Waals surface area contributed by atoms with E-state index in [1.165, 1.54) is 13.2 Å². The summed E-state index contributed by atoms with van der Waals surface area (Å²) in [5.41, 5.74) is 5.40. The number of nitrogens with two attached hydrogens (primary N) is 1. The second-order valence-electron chi connectivity index (χ2n) is 3.74. The fraction of sp³-hybridized carbons (Fsp3) is 0.600. The van der Waals surface area contributed by atoms with Gasteiger partial charge < -0.3 is 14.9 Å². The maximum absolute atomic E-state index is 12.1. The van der Waals surface area contributed by atoms with Crippen molar-refractivity contribution in [3.05, 3.63) is 16.5 Å². The van der Waals surface area contributed by atoms with E-state index >= 15 is 0 Å². The molecule has 0 saturated carbocycles. The Morgan fingerprint density at radius 3 is 2.72 bits per heavy atom. The minimum Gasteiger partial charge on any atom is -0.452 e. The van der Waals surface area contributed by atoms with Gasteiger partial charge in [0, 0.05) is 19.2 Å². The average Bonchev–Trinajstić information content (AvgIpc) is 2.70. The van der Waals surface area contributed by atoms with E-state index in [0.717, 1.165) is 0 Å². The van der Waals surface area contributed by atoms with Crippen LogP contribution in [0.25, 0.3) is 0 Å². The third kappa shape index (κ3) is 3.79. The second kappa shape index (κ2) is 6.67. The van der Waals surface area contributed by atoms with E-state index in [2.05, 4.69) is 20.7 Å². The Morgan fingerprint density at radius 1 is 1.61 bits per heavy atom. The van der Waals surface area contributed by atoms with E-state index in [0.29, 0.717) is 18.8 Å². The number of halogens is 1. The van der Waals surface area contributed by atoms with Crippen LogP contribution in [0.4, 0.5) is 0 Å². The van der Waals surface area contributed by atoms with Crippen molar-refractivity contribution < 1.29 is 17.6 Å². The molecule has 18 heavy (non-hydrogen) atoms. The molecule has 0 aliphatic heterocycles. The number of methoxy groups -OCH3 is 1. The zero-order chi connectivity index (χ0) is 13.8. The second-order valence-corrected chi connectivity index (χ2v) is 6.14. The van der Waals surface area contributed by atoms with E-state index in [1.807, 2.05) is 6.92 Å². The Balaban J connectivity index is 2.94. The van der Waals surface area contributed by atoms with Gasteiger partial charge in [0.15, 0.2) is 4.67 Å². The summed E-state index contributed by atoms with van der Waals surface area (Å²) >= 11 is 3.07. The normalized spacial score (nSPS) is 13.8. The summed E-state index contributed by atoms with van der Waals surface area (Å²) in [5, 5.41) is 0. The van der Waals surface area contributed by atoms with Gasteiger partial charge in [0.05, 0.1) is 13.2 Å². The van der Waals surface area contributed by atoms with Crippen molar-refractivity contribution in [3.8, 4) is 0 Å². The van der Waals surface area contributed by atoms with Gasteiger partial charge in [0.1, 0.15) is 10.7 Å². The first-order valence-electron chi connectivity index (χ1n) is 5.44. The standard InChI is InChI=1S/C10H17BrN2O4S/c1-3-7(6-16-2)13-18(14,15)9-4-8(5-12)17-10(9)11/h4,7,13H,3,5-6,12H2,1-2H3. The monoisotopic (exact) mass is 340 g/mol. The molecular formula is C10H17BrN2O4S. The molecule has 0 aliphatic carbocycles. The lowest BCUT2D eigenvalue weighted by Gasteiger charge is -2.15. The van der Waals surface area contributed by atoms with Crippen LogP contribution in [0.3, 0.4) is 0 Å². The fourth-order valence-electron chi connectivity index (χ4n) is 1.40. The number of hydrogen-bond acceptors (Lipinski definition) is 5. The summed E-state index contributed by atoms with van der Waals surface area (Å²) in [5.74, 6) is 0.405. The number of nitrogens with one attached hydrogen (secondary N) is 1. The molecule has 1 aromatic heterocycles. The van der Waals surface area contributed by atoms with Gasteiger partial charge in [-0.1, -0.05) is 6.92 Å². The molecule has 1 rings (SSSR count). The highest BCUT2D eigenvalue weighted by molar-refractivity contribution is 9.10. The third-order valence-corrected chi connectivity index (χ3v) is 4.76. The van der Waals surface area contributed by atoms with Gasteiger partial charge in [-0.05, 0) is 22.4 Å². The van der Waals surface area contributed by atoms with Crippen LogP contribution in [-0.2, 0) is 21.3 Å². The van der Waals surface area contributed by atoms with Crippen LogP contribution in [0, 0.1) is 0 Å². The summed E-state index contributed by atoms with van der Waals surface area (Å²) in [6.07, 6.45) is 0.631. The smallest absolute Gasteiger partial charge is 0.245 e. The largest absolute Gasteiger partial charge is 0.452 e. The molecule has 0 saturated heterocycles. The first-order chi connectivity index (χ1) is 8.44. The van der Waals surface area contributed by atoms with Gasteiger partial charge in [-0.25, -0.2) is 13.1 Å². The summed E-state index contributed by atoms with van der Waals surface area (Å²) in [6, 6.07) is 1.13. The first kappa shape index (κ1) is 15.6. The molecular weight excluding hydrogens is 324 g/mol. The minimum atomic E-state index is -3.64. The van der Waals surface area contributed by atoms with Gasteiger partial charge in [-0.2, -0.15) is 0 Å². The number of hydrogen-bond donors (Lipinski definition) is 2. The summed E-state index contributed by atoms with van der Waals surface area (Å²) in [7, 11) is -2.11. The van der Waals surface area contributed by atoms with Crippen LogP contribution in [0.1, 0.15) is 19.1 Å². The highest BCUT2D eigenvalue weighted by atomic mass is 79.9. The Labute approximate surface area is 115 Å².